The maximum absolute atomic E-state index is 13.8. The third-order valence-corrected chi connectivity index (χ3v) is 5.22. The minimum absolute atomic E-state index is 0.292. The van der Waals surface area contributed by atoms with E-state index in [0.29, 0.717) is 28.6 Å². The van der Waals surface area contributed by atoms with E-state index in [1.807, 2.05) is 42.7 Å². The Bertz CT molecular complexity index is 1120. The van der Waals surface area contributed by atoms with Crippen LogP contribution >= 0.6 is 11.8 Å². The van der Waals surface area contributed by atoms with Crippen LogP contribution in [0.15, 0.2) is 52.1 Å². The fraction of sp³-hybridized carbons (Fsp3) is 0.200. The van der Waals surface area contributed by atoms with Gasteiger partial charge in [-0.25, -0.2) is 4.39 Å². The molecule has 0 aliphatic rings. The molecule has 0 spiro atoms. The van der Waals surface area contributed by atoms with Crippen LogP contribution in [0.25, 0.3) is 17.1 Å². The van der Waals surface area contributed by atoms with Crippen molar-refractivity contribution in [1.29, 1.82) is 0 Å². The predicted octanol–water partition coefficient (Wildman–Crippen LogP) is 4.67. The van der Waals surface area contributed by atoms with Crippen molar-refractivity contribution in [3.63, 3.8) is 0 Å². The fourth-order valence-electron chi connectivity index (χ4n) is 2.72. The Morgan fingerprint density at radius 3 is 2.57 bits per heavy atom. The second kappa shape index (κ2) is 7.55. The van der Waals surface area contributed by atoms with Crippen LogP contribution in [0.4, 0.5) is 4.39 Å². The highest BCUT2D eigenvalue weighted by Crippen LogP contribution is 2.26. The first kappa shape index (κ1) is 18.4. The van der Waals surface area contributed by atoms with Crippen LogP contribution < -0.4 is 0 Å². The van der Waals surface area contributed by atoms with Gasteiger partial charge < -0.3 is 4.52 Å². The number of nitrogens with zero attached hydrogens (tertiary/aromatic N) is 5. The van der Waals surface area contributed by atoms with Crippen molar-refractivity contribution in [3.8, 4) is 17.1 Å². The molecule has 0 unspecified atom stereocenters. The molecule has 4 rings (SSSR count). The molecule has 28 heavy (non-hydrogen) atoms. The standard InChI is InChI=1S/C20H18FN5OS/c1-12-4-8-16(9-5-12)26-14(3)23-24-20(26)28-11-18-22-19(25-27-18)15-7-6-13(2)17(21)10-15/h4-10H,11H2,1-3H3. The van der Waals surface area contributed by atoms with Crippen molar-refractivity contribution in [2.24, 2.45) is 0 Å². The van der Waals surface area contributed by atoms with Gasteiger partial charge in [-0.05, 0) is 44.5 Å². The smallest absolute Gasteiger partial charge is 0.237 e. The van der Waals surface area contributed by atoms with E-state index in [0.717, 1.165) is 16.7 Å². The molecule has 6 nitrogen and oxygen atoms in total. The Labute approximate surface area is 165 Å². The summed E-state index contributed by atoms with van der Waals surface area (Å²) in [6, 6.07) is 13.1. The van der Waals surface area contributed by atoms with Gasteiger partial charge in [0.25, 0.3) is 0 Å². The summed E-state index contributed by atoms with van der Waals surface area (Å²) in [5.74, 6) is 1.75. The van der Waals surface area contributed by atoms with Gasteiger partial charge in [0, 0.05) is 11.3 Å². The molecule has 0 aliphatic heterocycles. The largest absolute Gasteiger partial charge is 0.338 e. The number of thioether (sulfide) groups is 1. The lowest BCUT2D eigenvalue weighted by atomic mass is 10.1. The minimum Gasteiger partial charge on any atom is -0.338 e. The molecule has 0 radical (unpaired) electrons. The maximum atomic E-state index is 13.8. The van der Waals surface area contributed by atoms with Gasteiger partial charge in [-0.3, -0.25) is 4.57 Å². The van der Waals surface area contributed by atoms with Crippen molar-refractivity contribution in [2.75, 3.05) is 0 Å². The minimum atomic E-state index is -0.292. The summed E-state index contributed by atoms with van der Waals surface area (Å²) in [6.45, 7) is 5.67. The van der Waals surface area contributed by atoms with Gasteiger partial charge in [0.1, 0.15) is 11.6 Å². The summed E-state index contributed by atoms with van der Waals surface area (Å²) >= 11 is 1.45. The van der Waals surface area contributed by atoms with Crippen LogP contribution in [-0.2, 0) is 5.75 Å². The zero-order valence-electron chi connectivity index (χ0n) is 15.7. The summed E-state index contributed by atoms with van der Waals surface area (Å²) in [6.07, 6.45) is 0. The van der Waals surface area contributed by atoms with E-state index in [-0.39, 0.29) is 5.82 Å². The summed E-state index contributed by atoms with van der Waals surface area (Å²) < 4.78 is 21.1. The van der Waals surface area contributed by atoms with Crippen molar-refractivity contribution in [1.82, 2.24) is 24.9 Å². The number of benzene rings is 2. The topological polar surface area (TPSA) is 69.6 Å². The Morgan fingerprint density at radius 1 is 1.04 bits per heavy atom. The van der Waals surface area contributed by atoms with Crippen molar-refractivity contribution in [3.05, 3.63) is 71.1 Å². The molecule has 8 heteroatoms. The molecule has 0 N–H and O–H groups in total. The second-order valence-corrected chi connectivity index (χ2v) is 7.41. The van der Waals surface area contributed by atoms with Gasteiger partial charge >= 0.3 is 0 Å². The fourth-order valence-corrected chi connectivity index (χ4v) is 3.55. The molecule has 0 fully saturated rings. The molecule has 0 bridgehead atoms. The first-order valence-electron chi connectivity index (χ1n) is 8.72. The summed E-state index contributed by atoms with van der Waals surface area (Å²) in [4.78, 5) is 4.36. The molecule has 2 heterocycles. The lowest BCUT2D eigenvalue weighted by molar-refractivity contribution is 0.391. The van der Waals surface area contributed by atoms with Gasteiger partial charge in [0.05, 0.1) is 5.75 Å². The summed E-state index contributed by atoms with van der Waals surface area (Å²) in [5, 5.41) is 13.1. The second-order valence-electron chi connectivity index (χ2n) is 6.47. The molecule has 4 aromatic rings. The Balaban J connectivity index is 1.52. The monoisotopic (exact) mass is 395 g/mol. The highest BCUT2D eigenvalue weighted by atomic mass is 32.2. The molecule has 0 saturated carbocycles. The first-order valence-corrected chi connectivity index (χ1v) is 9.71. The molecular formula is C20H18FN5OS. The summed E-state index contributed by atoms with van der Waals surface area (Å²) in [7, 11) is 0. The Kier molecular flexibility index (Phi) is 4.95. The number of aryl methyl sites for hydroxylation is 3. The molecule has 0 amide bonds. The number of hydrogen-bond donors (Lipinski definition) is 0. The molecular weight excluding hydrogens is 377 g/mol. The van der Waals surface area contributed by atoms with Gasteiger partial charge in [-0.2, -0.15) is 4.98 Å². The lowest BCUT2D eigenvalue weighted by Crippen LogP contribution is -1.99. The van der Waals surface area contributed by atoms with Crippen LogP contribution in [0, 0.1) is 26.6 Å². The van der Waals surface area contributed by atoms with Crippen molar-refractivity contribution in [2.45, 2.75) is 31.7 Å². The molecule has 2 aromatic heterocycles. The van der Waals surface area contributed by atoms with E-state index < -0.39 is 0 Å². The third-order valence-electron chi connectivity index (χ3n) is 4.31. The van der Waals surface area contributed by atoms with Crippen LogP contribution in [0.3, 0.4) is 0 Å². The van der Waals surface area contributed by atoms with Crippen LogP contribution in [0.1, 0.15) is 22.8 Å². The van der Waals surface area contributed by atoms with E-state index in [9.17, 15) is 4.39 Å². The maximum Gasteiger partial charge on any atom is 0.237 e. The zero-order chi connectivity index (χ0) is 19.7. The normalized spacial score (nSPS) is 11.1. The van der Waals surface area contributed by atoms with Gasteiger partial charge in [0.2, 0.25) is 11.7 Å². The SMILES string of the molecule is Cc1ccc(-n2c(C)nnc2SCc2nc(-c3ccc(C)c(F)c3)no2)cc1. The highest BCUT2D eigenvalue weighted by molar-refractivity contribution is 7.98. The van der Waals surface area contributed by atoms with E-state index in [1.165, 1.54) is 23.4 Å². The van der Waals surface area contributed by atoms with Crippen LogP contribution in [0.2, 0.25) is 0 Å². The van der Waals surface area contributed by atoms with Crippen molar-refractivity contribution < 1.29 is 8.91 Å². The zero-order valence-corrected chi connectivity index (χ0v) is 16.5. The average molecular weight is 395 g/mol. The number of aromatic nitrogens is 5. The molecule has 0 aliphatic carbocycles. The van der Waals surface area contributed by atoms with E-state index >= 15 is 0 Å². The third kappa shape index (κ3) is 3.68. The predicted molar refractivity (Wildman–Crippen MR) is 105 cm³/mol. The lowest BCUT2D eigenvalue weighted by Gasteiger charge is -2.07. The van der Waals surface area contributed by atoms with Gasteiger partial charge in [-0.15, -0.1) is 10.2 Å². The average Bonchev–Trinajstić information content (AvgIpc) is 3.30. The van der Waals surface area contributed by atoms with E-state index in [4.69, 9.17) is 4.52 Å². The first-order chi connectivity index (χ1) is 13.5. The molecule has 0 saturated heterocycles. The Morgan fingerprint density at radius 2 is 1.82 bits per heavy atom. The quantitative estimate of drug-likeness (QED) is 0.457. The summed E-state index contributed by atoms with van der Waals surface area (Å²) in [5.41, 5.74) is 3.35. The molecule has 2 aromatic carbocycles. The van der Waals surface area contributed by atoms with Crippen LogP contribution in [-0.4, -0.2) is 24.9 Å². The number of rotatable bonds is 5. The molecule has 142 valence electrons. The highest BCUT2D eigenvalue weighted by Gasteiger charge is 2.15. The number of hydrogen-bond acceptors (Lipinski definition) is 6. The Hall–Kier alpha value is -3.00. The van der Waals surface area contributed by atoms with E-state index in [2.05, 4.69) is 20.3 Å². The van der Waals surface area contributed by atoms with Gasteiger partial charge in [-0.1, -0.05) is 46.7 Å². The van der Waals surface area contributed by atoms with E-state index in [1.54, 1.807) is 19.1 Å². The number of halogens is 1. The van der Waals surface area contributed by atoms with Crippen LogP contribution in [0.5, 0.6) is 0 Å². The molecule has 0 atom stereocenters. The van der Waals surface area contributed by atoms with Crippen molar-refractivity contribution >= 4 is 11.8 Å². The van der Waals surface area contributed by atoms with Gasteiger partial charge in [0.15, 0.2) is 5.16 Å².